The average Bonchev–Trinajstić information content (AvgIpc) is 3.06. The smallest absolute Gasteiger partial charge is 0.123 e. The van der Waals surface area contributed by atoms with Crippen LogP contribution in [0.4, 0.5) is 0 Å². The molecule has 0 unspecified atom stereocenters. The molecule has 0 bridgehead atoms. The predicted molar refractivity (Wildman–Crippen MR) is 88.1 cm³/mol. The number of aromatic nitrogens is 2. The Balaban J connectivity index is 1.99. The quantitative estimate of drug-likeness (QED) is 0.774. The van der Waals surface area contributed by atoms with Gasteiger partial charge in [0, 0.05) is 17.1 Å². The molecular weight excluding hydrogens is 321 g/mol. The van der Waals surface area contributed by atoms with Crippen molar-refractivity contribution >= 4 is 23.2 Å². The summed E-state index contributed by atoms with van der Waals surface area (Å²) in [7, 11) is 0. The minimum Gasteiger partial charge on any atom is -0.464 e. The zero-order valence-electron chi connectivity index (χ0n) is 12.0. The summed E-state index contributed by atoms with van der Waals surface area (Å²) in [6, 6.07) is 9.23. The van der Waals surface area contributed by atoms with Gasteiger partial charge in [-0.25, -0.2) is 4.98 Å². The maximum absolute atomic E-state index is 6.27. The van der Waals surface area contributed by atoms with E-state index in [1.54, 1.807) is 18.5 Å². The maximum Gasteiger partial charge on any atom is 0.123 e. The largest absolute Gasteiger partial charge is 0.464 e. The van der Waals surface area contributed by atoms with E-state index in [2.05, 4.69) is 4.98 Å². The third-order valence-corrected chi connectivity index (χ3v) is 4.00. The number of hydrogen-bond donors (Lipinski definition) is 1. The van der Waals surface area contributed by atoms with Gasteiger partial charge in [-0.1, -0.05) is 23.2 Å². The first-order valence-corrected chi connectivity index (χ1v) is 7.59. The van der Waals surface area contributed by atoms with Gasteiger partial charge in [-0.2, -0.15) is 0 Å². The van der Waals surface area contributed by atoms with Crippen LogP contribution in [-0.4, -0.2) is 9.55 Å². The van der Waals surface area contributed by atoms with Crippen molar-refractivity contribution in [2.45, 2.75) is 20.0 Å². The molecule has 6 heteroatoms. The van der Waals surface area contributed by atoms with Gasteiger partial charge in [0.05, 0.1) is 29.3 Å². The fraction of sp³-hybridized carbons (Fsp3) is 0.188. The molecule has 0 atom stereocenters. The van der Waals surface area contributed by atoms with E-state index in [0.29, 0.717) is 23.1 Å². The fourth-order valence-corrected chi connectivity index (χ4v) is 2.90. The monoisotopic (exact) mass is 335 g/mol. The van der Waals surface area contributed by atoms with Crippen molar-refractivity contribution < 1.29 is 4.42 Å². The second-order valence-electron chi connectivity index (χ2n) is 5.01. The van der Waals surface area contributed by atoms with Crippen molar-refractivity contribution in [3.05, 3.63) is 63.9 Å². The molecule has 0 spiro atoms. The van der Waals surface area contributed by atoms with Crippen LogP contribution in [0.25, 0.3) is 11.3 Å². The van der Waals surface area contributed by atoms with E-state index in [1.807, 2.05) is 29.7 Å². The molecule has 0 fully saturated rings. The molecule has 22 heavy (non-hydrogen) atoms. The van der Waals surface area contributed by atoms with Gasteiger partial charge in [0.2, 0.25) is 0 Å². The SMILES string of the molecule is Cc1ccc(Cn2cnc(-c3ccc(Cl)cc3Cl)c2CN)o1. The topological polar surface area (TPSA) is 57.0 Å². The number of halogens is 2. The first-order chi connectivity index (χ1) is 10.6. The van der Waals surface area contributed by atoms with Crippen LogP contribution in [0.5, 0.6) is 0 Å². The standard InChI is InChI=1S/C16H15Cl2N3O/c1-10-2-4-12(22-10)8-21-9-20-16(15(21)7-19)13-5-3-11(17)6-14(13)18/h2-6,9H,7-8,19H2,1H3. The summed E-state index contributed by atoms with van der Waals surface area (Å²) < 4.78 is 7.58. The van der Waals surface area contributed by atoms with Crippen molar-refractivity contribution in [2.75, 3.05) is 0 Å². The highest BCUT2D eigenvalue weighted by Gasteiger charge is 2.15. The third-order valence-electron chi connectivity index (χ3n) is 3.45. The van der Waals surface area contributed by atoms with Crippen LogP contribution in [0.1, 0.15) is 17.2 Å². The molecule has 0 saturated carbocycles. The number of rotatable bonds is 4. The van der Waals surface area contributed by atoms with E-state index in [4.69, 9.17) is 33.4 Å². The van der Waals surface area contributed by atoms with Crippen molar-refractivity contribution in [3.8, 4) is 11.3 Å². The van der Waals surface area contributed by atoms with Gasteiger partial charge in [0.15, 0.2) is 0 Å². The lowest BCUT2D eigenvalue weighted by molar-refractivity contribution is 0.467. The second-order valence-corrected chi connectivity index (χ2v) is 5.85. The van der Waals surface area contributed by atoms with Crippen LogP contribution in [0.15, 0.2) is 41.1 Å². The highest BCUT2D eigenvalue weighted by atomic mass is 35.5. The number of aryl methyl sites for hydroxylation is 1. The Morgan fingerprint density at radius 2 is 2.05 bits per heavy atom. The molecule has 2 heterocycles. The predicted octanol–water partition coefficient (Wildman–Crippen LogP) is 4.27. The van der Waals surface area contributed by atoms with Crippen molar-refractivity contribution in [3.63, 3.8) is 0 Å². The van der Waals surface area contributed by atoms with Crippen molar-refractivity contribution in [1.82, 2.24) is 9.55 Å². The van der Waals surface area contributed by atoms with Gasteiger partial charge in [-0.3, -0.25) is 0 Å². The van der Waals surface area contributed by atoms with E-state index in [1.165, 1.54) is 0 Å². The number of hydrogen-bond acceptors (Lipinski definition) is 3. The van der Waals surface area contributed by atoms with Crippen molar-refractivity contribution in [1.29, 1.82) is 0 Å². The Hall–Kier alpha value is -1.75. The number of imidazole rings is 1. The summed E-state index contributed by atoms with van der Waals surface area (Å²) >= 11 is 12.2. The third kappa shape index (κ3) is 2.90. The molecule has 4 nitrogen and oxygen atoms in total. The minimum absolute atomic E-state index is 0.355. The normalized spacial score (nSPS) is 11.1. The summed E-state index contributed by atoms with van der Waals surface area (Å²) in [6.45, 7) is 2.85. The van der Waals surface area contributed by atoms with Gasteiger partial charge in [0.25, 0.3) is 0 Å². The summed E-state index contributed by atoms with van der Waals surface area (Å²) in [5.41, 5.74) is 8.40. The molecule has 0 radical (unpaired) electrons. The van der Waals surface area contributed by atoms with Crippen LogP contribution in [0.3, 0.4) is 0 Å². The van der Waals surface area contributed by atoms with E-state index >= 15 is 0 Å². The zero-order valence-corrected chi connectivity index (χ0v) is 13.5. The molecule has 1 aromatic carbocycles. The Morgan fingerprint density at radius 1 is 1.23 bits per heavy atom. The molecule has 2 aromatic heterocycles. The number of nitrogens with two attached hydrogens (primary N) is 1. The summed E-state index contributed by atoms with van der Waals surface area (Å²) in [5.74, 6) is 1.74. The summed E-state index contributed by atoms with van der Waals surface area (Å²) in [6.07, 6.45) is 1.75. The number of furan rings is 1. The lowest BCUT2D eigenvalue weighted by Crippen LogP contribution is -2.08. The Bertz CT molecular complexity index is 808. The van der Waals surface area contributed by atoms with Gasteiger partial charge in [0.1, 0.15) is 11.5 Å². The van der Waals surface area contributed by atoms with Gasteiger partial charge < -0.3 is 14.7 Å². The summed E-state index contributed by atoms with van der Waals surface area (Å²) in [5, 5.41) is 1.15. The molecule has 2 N–H and O–H groups in total. The van der Waals surface area contributed by atoms with Crippen LogP contribution in [0, 0.1) is 6.92 Å². The number of benzene rings is 1. The highest BCUT2D eigenvalue weighted by Crippen LogP contribution is 2.31. The Kier molecular flexibility index (Phi) is 4.25. The summed E-state index contributed by atoms with van der Waals surface area (Å²) in [4.78, 5) is 4.46. The van der Waals surface area contributed by atoms with E-state index in [9.17, 15) is 0 Å². The molecule has 0 amide bonds. The van der Waals surface area contributed by atoms with Gasteiger partial charge >= 0.3 is 0 Å². The van der Waals surface area contributed by atoms with E-state index < -0.39 is 0 Å². The van der Waals surface area contributed by atoms with E-state index in [0.717, 1.165) is 28.5 Å². The lowest BCUT2D eigenvalue weighted by atomic mass is 10.1. The van der Waals surface area contributed by atoms with Gasteiger partial charge in [-0.15, -0.1) is 0 Å². The minimum atomic E-state index is 0.355. The molecular formula is C16H15Cl2N3O. The number of nitrogens with zero attached hydrogens (tertiary/aromatic N) is 2. The zero-order chi connectivity index (χ0) is 15.7. The Labute approximate surface area is 138 Å². The van der Waals surface area contributed by atoms with Crippen LogP contribution in [-0.2, 0) is 13.1 Å². The molecule has 3 rings (SSSR count). The molecule has 0 aliphatic heterocycles. The molecule has 0 aliphatic rings. The van der Waals surface area contributed by atoms with Gasteiger partial charge in [-0.05, 0) is 37.3 Å². The van der Waals surface area contributed by atoms with Crippen LogP contribution in [0.2, 0.25) is 10.0 Å². The second kappa shape index (κ2) is 6.16. The average molecular weight is 336 g/mol. The first-order valence-electron chi connectivity index (χ1n) is 6.83. The highest BCUT2D eigenvalue weighted by molar-refractivity contribution is 6.36. The van der Waals surface area contributed by atoms with Crippen LogP contribution >= 0.6 is 23.2 Å². The maximum atomic E-state index is 6.27. The van der Waals surface area contributed by atoms with E-state index in [-0.39, 0.29) is 0 Å². The first kappa shape index (κ1) is 15.2. The van der Waals surface area contributed by atoms with Crippen molar-refractivity contribution in [2.24, 2.45) is 5.73 Å². The molecule has 3 aromatic rings. The molecule has 0 saturated heterocycles. The fourth-order valence-electron chi connectivity index (χ4n) is 2.40. The lowest BCUT2D eigenvalue weighted by Gasteiger charge is -2.08. The molecule has 114 valence electrons. The molecule has 0 aliphatic carbocycles. The Morgan fingerprint density at radius 3 is 2.68 bits per heavy atom. The van der Waals surface area contributed by atoms with Crippen LogP contribution < -0.4 is 5.73 Å².